The Morgan fingerprint density at radius 2 is 1.73 bits per heavy atom. The summed E-state index contributed by atoms with van der Waals surface area (Å²) in [6.07, 6.45) is 0. The lowest BCUT2D eigenvalue weighted by Gasteiger charge is -2.14. The van der Waals surface area contributed by atoms with Crippen molar-refractivity contribution in [2.24, 2.45) is 0 Å². The molecule has 0 atom stereocenters. The number of anilines is 1. The second-order valence-electron chi connectivity index (χ2n) is 5.52. The lowest BCUT2D eigenvalue weighted by atomic mass is 10.0. The van der Waals surface area contributed by atoms with Gasteiger partial charge in [0.1, 0.15) is 17.3 Å². The fourth-order valence-electron chi connectivity index (χ4n) is 2.62. The first kappa shape index (κ1) is 17.1. The number of hydrogen-bond acceptors (Lipinski definition) is 4. The van der Waals surface area contributed by atoms with Crippen molar-refractivity contribution in [1.82, 2.24) is 4.98 Å². The van der Waals surface area contributed by atoms with Gasteiger partial charge in [0.05, 0.1) is 15.2 Å². The van der Waals surface area contributed by atoms with Crippen LogP contribution in [0.3, 0.4) is 0 Å². The van der Waals surface area contributed by atoms with Crippen LogP contribution in [-0.4, -0.2) is 4.98 Å². The summed E-state index contributed by atoms with van der Waals surface area (Å²) in [7, 11) is 0. The number of nitrogen functional groups attached to an aromatic ring is 1. The molecule has 0 aliphatic carbocycles. The van der Waals surface area contributed by atoms with Crippen LogP contribution in [0.4, 0.5) is 9.52 Å². The average Bonchev–Trinajstić information content (AvgIpc) is 2.96. The summed E-state index contributed by atoms with van der Waals surface area (Å²) >= 11 is 13.8. The molecule has 0 saturated carbocycles. The van der Waals surface area contributed by atoms with E-state index in [9.17, 15) is 4.39 Å². The Morgan fingerprint density at radius 3 is 2.50 bits per heavy atom. The van der Waals surface area contributed by atoms with E-state index in [1.54, 1.807) is 6.07 Å². The Balaban J connectivity index is 1.91. The lowest BCUT2D eigenvalue weighted by molar-refractivity contribution is 0.483. The molecule has 130 valence electrons. The predicted molar refractivity (Wildman–Crippen MR) is 106 cm³/mol. The second-order valence-corrected chi connectivity index (χ2v) is 7.40. The molecule has 4 rings (SSSR count). The number of thiazole rings is 1. The summed E-state index contributed by atoms with van der Waals surface area (Å²) < 4.78 is 20.2. The van der Waals surface area contributed by atoms with Crippen molar-refractivity contribution in [2.45, 2.75) is 0 Å². The van der Waals surface area contributed by atoms with Gasteiger partial charge in [0.2, 0.25) is 0 Å². The molecule has 0 spiro atoms. The first-order valence-corrected chi connectivity index (χ1v) is 9.16. The quantitative estimate of drug-likeness (QED) is 0.409. The van der Waals surface area contributed by atoms with Gasteiger partial charge >= 0.3 is 0 Å². The summed E-state index contributed by atoms with van der Waals surface area (Å²) in [6.45, 7) is 0. The summed E-state index contributed by atoms with van der Waals surface area (Å²) in [4.78, 5) is 4.33. The molecule has 0 aliphatic rings. The second kappa shape index (κ2) is 6.76. The number of nitrogens with two attached hydrogens (primary N) is 1. The summed E-state index contributed by atoms with van der Waals surface area (Å²) in [5, 5.41) is 1.21. The average molecular weight is 405 g/mol. The zero-order chi connectivity index (χ0) is 18.3. The van der Waals surface area contributed by atoms with Crippen LogP contribution < -0.4 is 10.5 Å². The van der Waals surface area contributed by atoms with Gasteiger partial charge in [0.25, 0.3) is 0 Å². The van der Waals surface area contributed by atoms with E-state index in [1.165, 1.54) is 29.5 Å². The summed E-state index contributed by atoms with van der Waals surface area (Å²) in [5.41, 5.74) is 8.11. The van der Waals surface area contributed by atoms with Crippen molar-refractivity contribution in [3.05, 3.63) is 70.5 Å². The number of rotatable bonds is 3. The molecule has 3 nitrogen and oxygen atoms in total. The summed E-state index contributed by atoms with van der Waals surface area (Å²) in [5.74, 6) is 0.445. The van der Waals surface area contributed by atoms with Gasteiger partial charge in [-0.3, -0.25) is 0 Å². The van der Waals surface area contributed by atoms with E-state index in [-0.39, 0.29) is 5.02 Å². The third-order valence-electron chi connectivity index (χ3n) is 3.78. The van der Waals surface area contributed by atoms with Crippen LogP contribution in [0, 0.1) is 5.82 Å². The van der Waals surface area contributed by atoms with Crippen LogP contribution in [0.15, 0.2) is 54.6 Å². The molecule has 3 aromatic carbocycles. The molecule has 2 N–H and O–H groups in total. The van der Waals surface area contributed by atoms with Crippen LogP contribution in [0.1, 0.15) is 0 Å². The van der Waals surface area contributed by atoms with Crippen molar-refractivity contribution < 1.29 is 9.13 Å². The molecule has 7 heteroatoms. The number of halogens is 3. The Labute approximate surface area is 162 Å². The van der Waals surface area contributed by atoms with Gasteiger partial charge in [-0.25, -0.2) is 9.37 Å². The van der Waals surface area contributed by atoms with Crippen molar-refractivity contribution in [2.75, 3.05) is 5.73 Å². The van der Waals surface area contributed by atoms with Gasteiger partial charge < -0.3 is 10.5 Å². The molecule has 0 radical (unpaired) electrons. The van der Waals surface area contributed by atoms with Crippen molar-refractivity contribution in [3.63, 3.8) is 0 Å². The Morgan fingerprint density at radius 1 is 0.923 bits per heavy atom. The van der Waals surface area contributed by atoms with E-state index < -0.39 is 5.82 Å². The largest absolute Gasteiger partial charge is 0.455 e. The van der Waals surface area contributed by atoms with Crippen LogP contribution in [0.25, 0.3) is 21.3 Å². The Hall–Kier alpha value is -2.34. The minimum atomic E-state index is -0.431. The Kier molecular flexibility index (Phi) is 4.44. The van der Waals surface area contributed by atoms with Gasteiger partial charge in [-0.05, 0) is 30.3 Å². The third kappa shape index (κ3) is 3.21. The normalized spacial score (nSPS) is 11.0. The van der Waals surface area contributed by atoms with E-state index in [1.807, 2.05) is 30.3 Å². The number of nitrogens with zero attached hydrogens (tertiary/aromatic N) is 1. The first-order valence-electron chi connectivity index (χ1n) is 7.59. The van der Waals surface area contributed by atoms with Gasteiger partial charge in [-0.15, -0.1) is 0 Å². The van der Waals surface area contributed by atoms with Crippen LogP contribution in [0.2, 0.25) is 10.0 Å². The van der Waals surface area contributed by atoms with Crippen LogP contribution >= 0.6 is 34.5 Å². The molecule has 0 bridgehead atoms. The van der Waals surface area contributed by atoms with Crippen molar-refractivity contribution in [3.8, 4) is 22.6 Å². The highest BCUT2D eigenvalue weighted by molar-refractivity contribution is 7.22. The maximum atomic E-state index is 13.3. The van der Waals surface area contributed by atoms with E-state index in [2.05, 4.69) is 4.98 Å². The van der Waals surface area contributed by atoms with Gasteiger partial charge in [-0.1, -0.05) is 52.7 Å². The molecule has 0 unspecified atom stereocenters. The SMILES string of the molecule is Nc1nc2cc(-c3ccccc3Cl)c(Oc3ccc(F)cc3Cl)cc2s1. The number of hydrogen-bond donors (Lipinski definition) is 1. The number of aromatic nitrogens is 1. The molecular weight excluding hydrogens is 394 g/mol. The molecular formula is C19H11Cl2FN2OS. The smallest absolute Gasteiger partial charge is 0.181 e. The zero-order valence-corrected chi connectivity index (χ0v) is 15.5. The van der Waals surface area contributed by atoms with E-state index in [0.717, 1.165) is 21.3 Å². The van der Waals surface area contributed by atoms with Gasteiger partial charge in [0, 0.05) is 22.2 Å². The van der Waals surface area contributed by atoms with Gasteiger partial charge in [0.15, 0.2) is 5.13 Å². The summed E-state index contributed by atoms with van der Waals surface area (Å²) in [6, 6.07) is 15.1. The zero-order valence-electron chi connectivity index (χ0n) is 13.2. The van der Waals surface area contributed by atoms with E-state index in [0.29, 0.717) is 21.7 Å². The van der Waals surface area contributed by atoms with E-state index in [4.69, 9.17) is 33.7 Å². The third-order valence-corrected chi connectivity index (χ3v) is 5.26. The molecule has 1 heterocycles. The van der Waals surface area contributed by atoms with Crippen molar-refractivity contribution >= 4 is 49.9 Å². The predicted octanol–water partition coefficient (Wildman–Crippen LogP) is 6.78. The number of benzene rings is 3. The highest BCUT2D eigenvalue weighted by Crippen LogP contribution is 2.42. The fraction of sp³-hybridized carbons (Fsp3) is 0. The number of fused-ring (bicyclic) bond motifs is 1. The highest BCUT2D eigenvalue weighted by Gasteiger charge is 2.16. The molecule has 0 aliphatic heterocycles. The van der Waals surface area contributed by atoms with Crippen LogP contribution in [-0.2, 0) is 0 Å². The van der Waals surface area contributed by atoms with Crippen LogP contribution in [0.5, 0.6) is 11.5 Å². The molecule has 0 saturated heterocycles. The minimum Gasteiger partial charge on any atom is -0.455 e. The van der Waals surface area contributed by atoms with E-state index >= 15 is 0 Å². The Bertz CT molecular complexity index is 1130. The molecule has 26 heavy (non-hydrogen) atoms. The molecule has 0 fully saturated rings. The standard InChI is InChI=1S/C19H11Cl2FN2OS/c20-13-4-2-1-3-11(13)12-8-15-18(26-19(23)24-15)9-17(12)25-16-6-5-10(22)7-14(16)21/h1-9H,(H2,23,24). The highest BCUT2D eigenvalue weighted by atomic mass is 35.5. The minimum absolute atomic E-state index is 0.180. The lowest BCUT2D eigenvalue weighted by Crippen LogP contribution is -1.91. The fourth-order valence-corrected chi connectivity index (χ4v) is 3.81. The first-order chi connectivity index (χ1) is 12.5. The monoisotopic (exact) mass is 404 g/mol. The maximum absolute atomic E-state index is 13.3. The molecule has 4 aromatic rings. The topological polar surface area (TPSA) is 48.1 Å². The molecule has 1 aromatic heterocycles. The van der Waals surface area contributed by atoms with Gasteiger partial charge in [-0.2, -0.15) is 0 Å². The maximum Gasteiger partial charge on any atom is 0.181 e. The number of ether oxygens (including phenoxy) is 1. The molecule has 0 amide bonds. The van der Waals surface area contributed by atoms with Crippen molar-refractivity contribution in [1.29, 1.82) is 0 Å².